The van der Waals surface area contributed by atoms with Crippen LogP contribution in [0.1, 0.15) is 39.5 Å². The minimum absolute atomic E-state index is 0.293. The summed E-state index contributed by atoms with van der Waals surface area (Å²) in [6, 6.07) is 0. The van der Waals surface area contributed by atoms with E-state index in [2.05, 4.69) is 41.4 Å². The largest absolute Gasteiger partial charge is 0.673 e. The van der Waals surface area contributed by atoms with Crippen molar-refractivity contribution in [3.05, 3.63) is 30.9 Å². The fourth-order valence-electron chi connectivity index (χ4n) is 1.73. The van der Waals surface area contributed by atoms with Gasteiger partial charge < -0.3 is 22.0 Å². The van der Waals surface area contributed by atoms with E-state index in [0.29, 0.717) is 12.2 Å². The van der Waals surface area contributed by atoms with Crippen LogP contribution in [-0.4, -0.2) is 24.4 Å². The van der Waals surface area contributed by atoms with Crippen LogP contribution in [0.25, 0.3) is 0 Å². The van der Waals surface area contributed by atoms with E-state index >= 15 is 0 Å². The lowest BCUT2D eigenvalue weighted by Gasteiger charge is -2.03. The Morgan fingerprint density at radius 1 is 1.25 bits per heavy atom. The molecule has 4 nitrogen and oxygen atoms in total. The molecule has 1 rings (SSSR count). The van der Waals surface area contributed by atoms with Crippen molar-refractivity contribution in [3.8, 4) is 0 Å². The Morgan fingerprint density at radius 3 is 2.42 bits per heavy atom. The van der Waals surface area contributed by atoms with Crippen molar-refractivity contribution in [1.29, 1.82) is 0 Å². The second-order valence-electron chi connectivity index (χ2n) is 5.36. The number of aryl methyl sites for hydroxylation is 2. The number of halogens is 4. The van der Waals surface area contributed by atoms with Gasteiger partial charge in [-0.1, -0.05) is 19.9 Å². The van der Waals surface area contributed by atoms with Crippen LogP contribution in [0.15, 0.2) is 30.9 Å². The van der Waals surface area contributed by atoms with Gasteiger partial charge in [0.25, 0.3) is 0 Å². The Balaban J connectivity index is 0.000000922. The number of imidazole rings is 1. The molecule has 0 N–H and O–H groups in total. The Kier molecular flexibility index (Phi) is 10.8. The van der Waals surface area contributed by atoms with Crippen LogP contribution in [-0.2, 0) is 22.6 Å². The van der Waals surface area contributed by atoms with Gasteiger partial charge in [0.2, 0.25) is 6.33 Å². The quantitative estimate of drug-likeness (QED) is 0.169. The fraction of sp³-hybridized carbons (Fsp3) is 0.600. The maximum atomic E-state index is 11.1. The third-order valence-electron chi connectivity index (χ3n) is 2.91. The molecule has 0 aliphatic carbocycles. The highest BCUT2D eigenvalue weighted by Crippen LogP contribution is 2.06. The molecule has 0 aromatic carbocycles. The number of carbonyl (C=O) groups excluding carboxylic acids is 1. The zero-order valence-electron chi connectivity index (χ0n) is 14.2. The molecular formula is C15H25BF4N2O2. The lowest BCUT2D eigenvalue weighted by Crippen LogP contribution is -2.31. The first-order chi connectivity index (χ1) is 11.1. The molecule has 1 aromatic heterocycles. The highest BCUT2D eigenvalue weighted by molar-refractivity contribution is 6.50. The van der Waals surface area contributed by atoms with Gasteiger partial charge in [-0.3, -0.25) is 0 Å². The Labute approximate surface area is 140 Å². The standard InChI is InChI=1S/C15H25N2O2.BF4/c1-4-5-8-16-10-11-17(13-16)9-6-7-12-19-15(18)14(2)3;2-1(3,4)5/h10-11,13H,2,4-9,12H2,1,3H3;/q+1;-1. The molecule has 1 aromatic rings. The molecule has 0 bridgehead atoms. The average Bonchev–Trinajstić information content (AvgIpc) is 2.90. The molecular weight excluding hydrogens is 327 g/mol. The molecule has 0 saturated carbocycles. The van der Waals surface area contributed by atoms with E-state index in [1.54, 1.807) is 6.92 Å². The zero-order chi connectivity index (χ0) is 18.6. The van der Waals surface area contributed by atoms with Gasteiger partial charge in [0.1, 0.15) is 12.4 Å². The number of nitrogens with zero attached hydrogens (tertiary/aromatic N) is 2. The number of rotatable bonds is 9. The lowest BCUT2D eigenvalue weighted by molar-refractivity contribution is -0.696. The van der Waals surface area contributed by atoms with E-state index in [1.807, 2.05) is 0 Å². The van der Waals surface area contributed by atoms with Crippen LogP contribution in [0.2, 0.25) is 0 Å². The molecule has 0 spiro atoms. The molecule has 9 heteroatoms. The van der Waals surface area contributed by atoms with Gasteiger partial charge in [-0.2, -0.15) is 0 Å². The number of unbranched alkanes of at least 4 members (excludes halogenated alkanes) is 2. The molecule has 0 aliphatic heterocycles. The third-order valence-corrected chi connectivity index (χ3v) is 2.91. The first-order valence-electron chi connectivity index (χ1n) is 7.88. The van der Waals surface area contributed by atoms with Gasteiger partial charge in [0, 0.05) is 5.57 Å². The molecule has 1 heterocycles. The van der Waals surface area contributed by atoms with Gasteiger partial charge in [0.05, 0.1) is 19.7 Å². The molecule has 0 amide bonds. The second-order valence-corrected chi connectivity index (χ2v) is 5.36. The van der Waals surface area contributed by atoms with Gasteiger partial charge in [-0.05, 0) is 26.2 Å². The predicted molar refractivity (Wildman–Crippen MR) is 84.7 cm³/mol. The second kappa shape index (κ2) is 11.7. The lowest BCUT2D eigenvalue weighted by atomic mass is 10.3. The van der Waals surface area contributed by atoms with E-state index < -0.39 is 7.25 Å². The van der Waals surface area contributed by atoms with Crippen molar-refractivity contribution >= 4 is 13.2 Å². The van der Waals surface area contributed by atoms with Gasteiger partial charge in [-0.25, -0.2) is 13.9 Å². The van der Waals surface area contributed by atoms with E-state index in [9.17, 15) is 22.1 Å². The number of esters is 1. The Morgan fingerprint density at radius 2 is 1.88 bits per heavy atom. The monoisotopic (exact) mass is 352 g/mol. The van der Waals surface area contributed by atoms with Crippen LogP contribution in [0.5, 0.6) is 0 Å². The third kappa shape index (κ3) is 13.8. The summed E-state index contributed by atoms with van der Waals surface area (Å²) in [4.78, 5) is 11.1. The van der Waals surface area contributed by atoms with Crippen molar-refractivity contribution in [2.24, 2.45) is 0 Å². The van der Waals surface area contributed by atoms with Crippen molar-refractivity contribution < 1.29 is 31.4 Å². The molecule has 0 saturated heterocycles. The van der Waals surface area contributed by atoms with Crippen molar-refractivity contribution in [1.82, 2.24) is 4.57 Å². The summed E-state index contributed by atoms with van der Waals surface area (Å²) < 4.78 is 48.4. The van der Waals surface area contributed by atoms with E-state index in [4.69, 9.17) is 4.74 Å². The smallest absolute Gasteiger partial charge is 0.462 e. The topological polar surface area (TPSA) is 35.1 Å². The molecule has 0 fully saturated rings. The predicted octanol–water partition coefficient (Wildman–Crippen LogP) is 3.78. The van der Waals surface area contributed by atoms with Crippen molar-refractivity contribution in [2.75, 3.05) is 6.61 Å². The average molecular weight is 352 g/mol. The van der Waals surface area contributed by atoms with Gasteiger partial charge in [-0.15, -0.1) is 0 Å². The van der Waals surface area contributed by atoms with Crippen LogP contribution in [0.3, 0.4) is 0 Å². The zero-order valence-corrected chi connectivity index (χ0v) is 14.2. The number of hydrogen-bond acceptors (Lipinski definition) is 2. The highest BCUT2D eigenvalue weighted by Gasteiger charge is 2.20. The minimum atomic E-state index is -6.00. The van der Waals surface area contributed by atoms with Gasteiger partial charge in [0.15, 0.2) is 0 Å². The van der Waals surface area contributed by atoms with Gasteiger partial charge >= 0.3 is 13.2 Å². The maximum Gasteiger partial charge on any atom is 0.673 e. The summed E-state index contributed by atoms with van der Waals surface area (Å²) >= 11 is 0. The number of ether oxygens (including phenoxy) is 1. The first-order valence-corrected chi connectivity index (χ1v) is 7.88. The highest BCUT2D eigenvalue weighted by atomic mass is 19.5. The SMILES string of the molecule is C=C(C)C(=O)OCCCC[n+]1ccn(CCCC)c1.F[B-](F)(F)F. The van der Waals surface area contributed by atoms with E-state index in [0.717, 1.165) is 25.9 Å². The summed E-state index contributed by atoms with van der Waals surface area (Å²) in [5, 5.41) is 0. The summed E-state index contributed by atoms with van der Waals surface area (Å²) in [5.41, 5.74) is 0.461. The van der Waals surface area contributed by atoms with Crippen molar-refractivity contribution in [2.45, 2.75) is 52.6 Å². The van der Waals surface area contributed by atoms with E-state index in [-0.39, 0.29) is 5.97 Å². The summed E-state index contributed by atoms with van der Waals surface area (Å²) in [5.74, 6) is -0.293. The van der Waals surface area contributed by atoms with Crippen molar-refractivity contribution in [3.63, 3.8) is 0 Å². The number of aromatic nitrogens is 2. The Hall–Kier alpha value is -1.80. The summed E-state index contributed by atoms with van der Waals surface area (Å²) in [6.45, 7) is 9.93. The van der Waals surface area contributed by atoms with Crippen LogP contribution in [0, 0.1) is 0 Å². The normalized spacial score (nSPS) is 10.8. The molecule has 24 heavy (non-hydrogen) atoms. The number of carbonyl (C=O) groups is 1. The van der Waals surface area contributed by atoms with Crippen LogP contribution in [0.4, 0.5) is 17.3 Å². The molecule has 0 radical (unpaired) electrons. The van der Waals surface area contributed by atoms with Crippen LogP contribution < -0.4 is 4.57 Å². The molecule has 0 unspecified atom stereocenters. The maximum absolute atomic E-state index is 11.1. The first kappa shape index (κ1) is 22.2. The number of hydrogen-bond donors (Lipinski definition) is 0. The minimum Gasteiger partial charge on any atom is -0.462 e. The fourth-order valence-corrected chi connectivity index (χ4v) is 1.73. The molecule has 0 atom stereocenters. The summed E-state index contributed by atoms with van der Waals surface area (Å²) in [6.07, 6.45) is 10.7. The molecule has 138 valence electrons. The van der Waals surface area contributed by atoms with E-state index in [1.165, 1.54) is 12.8 Å². The molecule has 0 aliphatic rings. The van der Waals surface area contributed by atoms with Crippen LogP contribution >= 0.6 is 0 Å². The summed E-state index contributed by atoms with van der Waals surface area (Å²) in [7, 11) is -6.00. The Bertz CT molecular complexity index is 498.